The molecule has 0 heterocycles. The van der Waals surface area contributed by atoms with E-state index in [0.717, 1.165) is 30.4 Å². The molecule has 0 spiro atoms. The number of aliphatic hydroxyl groups excluding tert-OH is 2. The maximum Gasteiger partial charge on any atom is 0.115 e. The lowest BCUT2D eigenvalue weighted by atomic mass is 9.63. The first-order valence-electron chi connectivity index (χ1n) is 9.41. The van der Waals surface area contributed by atoms with Gasteiger partial charge in [-0.1, -0.05) is 67.5 Å². The first-order chi connectivity index (χ1) is 11.2. The Labute approximate surface area is 154 Å². The quantitative estimate of drug-likeness (QED) is 0.564. The largest absolute Gasteiger partial charge is 0.508 e. The minimum Gasteiger partial charge on any atom is -0.508 e. The minimum atomic E-state index is -0.0691. The molecule has 0 fully saturated rings. The molecule has 2 N–H and O–H groups in total. The lowest BCUT2D eigenvalue weighted by molar-refractivity contribution is 0.230. The van der Waals surface area contributed by atoms with Gasteiger partial charge in [0, 0.05) is 0 Å². The summed E-state index contributed by atoms with van der Waals surface area (Å²) >= 11 is 0. The Morgan fingerprint density at radius 2 is 1.08 bits per heavy atom. The van der Waals surface area contributed by atoms with Gasteiger partial charge in [0.15, 0.2) is 0 Å². The normalized spacial score (nSPS) is 31.0. The van der Waals surface area contributed by atoms with Crippen molar-refractivity contribution in [3.8, 4) is 0 Å². The van der Waals surface area contributed by atoms with Crippen LogP contribution in [0.1, 0.15) is 74.7 Å². The number of aliphatic hydroxyl groups is 2. The molecule has 0 bridgehead atoms. The molecule has 140 valence electrons. The fourth-order valence-electron chi connectivity index (χ4n) is 4.21. The summed E-state index contributed by atoms with van der Waals surface area (Å²) in [6, 6.07) is 0. The Kier molecular flexibility index (Phi) is 4.83. The monoisotopic (exact) mass is 344 g/mol. The third-order valence-corrected chi connectivity index (χ3v) is 5.48. The van der Waals surface area contributed by atoms with Gasteiger partial charge in [0.2, 0.25) is 0 Å². The molecule has 2 heteroatoms. The highest BCUT2D eigenvalue weighted by atomic mass is 16.3. The van der Waals surface area contributed by atoms with Gasteiger partial charge in [0.1, 0.15) is 11.5 Å². The Morgan fingerprint density at radius 1 is 0.760 bits per heavy atom. The average molecular weight is 345 g/mol. The molecule has 0 amide bonds. The first-order valence-corrected chi connectivity index (χ1v) is 9.41. The summed E-state index contributed by atoms with van der Waals surface area (Å²) in [5.74, 6) is 0.865. The van der Waals surface area contributed by atoms with Crippen molar-refractivity contribution in [1.82, 2.24) is 0 Å². The van der Waals surface area contributed by atoms with Gasteiger partial charge in [-0.05, 0) is 64.2 Å². The Morgan fingerprint density at radius 3 is 1.36 bits per heavy atom. The summed E-state index contributed by atoms with van der Waals surface area (Å²) in [6.45, 7) is 17.5. The molecule has 2 rings (SSSR count). The molecular formula is C23H36O2. The van der Waals surface area contributed by atoms with E-state index in [1.165, 1.54) is 0 Å². The maximum atomic E-state index is 10.3. The van der Waals surface area contributed by atoms with E-state index in [4.69, 9.17) is 0 Å². The van der Waals surface area contributed by atoms with E-state index in [-0.39, 0.29) is 21.7 Å². The second-order valence-electron chi connectivity index (χ2n) is 10.7. The number of allylic oxidation sites excluding steroid dienone is 6. The fraction of sp³-hybridized carbons (Fsp3) is 0.652. The Hall–Kier alpha value is -1.44. The third-order valence-electron chi connectivity index (χ3n) is 5.48. The zero-order valence-corrected chi connectivity index (χ0v) is 17.3. The van der Waals surface area contributed by atoms with E-state index >= 15 is 0 Å². The fourth-order valence-corrected chi connectivity index (χ4v) is 4.21. The predicted molar refractivity (Wildman–Crippen MR) is 107 cm³/mol. The molecule has 2 nitrogen and oxygen atoms in total. The minimum absolute atomic E-state index is 0.00386. The van der Waals surface area contributed by atoms with E-state index in [1.54, 1.807) is 0 Å². The van der Waals surface area contributed by atoms with Crippen molar-refractivity contribution >= 4 is 0 Å². The molecule has 0 aromatic heterocycles. The molecule has 25 heavy (non-hydrogen) atoms. The summed E-state index contributed by atoms with van der Waals surface area (Å²) < 4.78 is 0. The van der Waals surface area contributed by atoms with E-state index in [9.17, 15) is 10.2 Å². The van der Waals surface area contributed by atoms with Gasteiger partial charge in [0.25, 0.3) is 0 Å². The summed E-state index contributed by atoms with van der Waals surface area (Å²) in [5.41, 5.74) is 1.95. The lowest BCUT2D eigenvalue weighted by Gasteiger charge is -2.42. The molecule has 2 atom stereocenters. The number of hydrogen-bond acceptors (Lipinski definition) is 2. The van der Waals surface area contributed by atoms with Crippen molar-refractivity contribution in [3.63, 3.8) is 0 Å². The molecule has 0 aromatic carbocycles. The van der Waals surface area contributed by atoms with Gasteiger partial charge >= 0.3 is 0 Å². The van der Waals surface area contributed by atoms with Crippen LogP contribution < -0.4 is 0 Å². The van der Waals surface area contributed by atoms with Crippen LogP contribution in [0, 0.1) is 21.7 Å². The lowest BCUT2D eigenvalue weighted by Crippen LogP contribution is -2.31. The van der Waals surface area contributed by atoms with Crippen LogP contribution in [0.4, 0.5) is 0 Å². The van der Waals surface area contributed by atoms with Crippen LogP contribution >= 0.6 is 0 Å². The third kappa shape index (κ3) is 4.40. The zero-order chi connectivity index (χ0) is 19.3. The summed E-state index contributed by atoms with van der Waals surface area (Å²) in [5, 5.41) is 20.7. The topological polar surface area (TPSA) is 40.5 Å². The smallest absolute Gasteiger partial charge is 0.115 e. The molecular weight excluding hydrogens is 308 g/mol. The highest BCUT2D eigenvalue weighted by Crippen LogP contribution is 2.50. The predicted octanol–water partition coefficient (Wildman–Crippen LogP) is 7.03. The van der Waals surface area contributed by atoms with Gasteiger partial charge in [-0.3, -0.25) is 0 Å². The second-order valence-corrected chi connectivity index (χ2v) is 10.7. The Bertz CT molecular complexity index is 603. The zero-order valence-electron chi connectivity index (χ0n) is 17.3. The second kappa shape index (κ2) is 6.07. The molecule has 2 aliphatic rings. The van der Waals surface area contributed by atoms with Crippen molar-refractivity contribution in [2.75, 3.05) is 0 Å². The SMILES string of the molecule is CC1(CC2(C)C=C(C(C)(C)C)C(O)=CC2)C=C(C(C)(C)C)C(O)=CC1. The summed E-state index contributed by atoms with van der Waals surface area (Å²) in [4.78, 5) is 0. The first kappa shape index (κ1) is 19.9. The van der Waals surface area contributed by atoms with E-state index in [2.05, 4.69) is 67.5 Å². The van der Waals surface area contributed by atoms with Crippen LogP contribution in [0.15, 0.2) is 47.0 Å². The van der Waals surface area contributed by atoms with Gasteiger partial charge in [-0.15, -0.1) is 0 Å². The average Bonchev–Trinajstić information content (AvgIpc) is 2.42. The van der Waals surface area contributed by atoms with Crippen LogP contribution in [-0.2, 0) is 0 Å². The van der Waals surface area contributed by atoms with Crippen molar-refractivity contribution in [2.24, 2.45) is 21.7 Å². The molecule has 0 radical (unpaired) electrons. The molecule has 0 saturated carbocycles. The van der Waals surface area contributed by atoms with Gasteiger partial charge in [0.05, 0.1) is 0 Å². The highest BCUT2D eigenvalue weighted by Gasteiger charge is 2.39. The van der Waals surface area contributed by atoms with Crippen molar-refractivity contribution < 1.29 is 10.2 Å². The van der Waals surface area contributed by atoms with Crippen LogP contribution in [0.25, 0.3) is 0 Å². The van der Waals surface area contributed by atoms with Crippen molar-refractivity contribution in [2.45, 2.75) is 74.7 Å². The molecule has 2 aliphatic carbocycles. The molecule has 2 unspecified atom stereocenters. The number of rotatable bonds is 2. The standard InChI is InChI=1S/C23H36O2/c1-20(2,3)16-13-22(7,11-9-18(16)24)15-23(8)12-10-19(25)17(14-23)21(4,5)6/h9-10,13-14,24-25H,11-12,15H2,1-8H3. The van der Waals surface area contributed by atoms with Crippen LogP contribution in [0.3, 0.4) is 0 Å². The van der Waals surface area contributed by atoms with Gasteiger partial charge in [-0.2, -0.15) is 0 Å². The summed E-state index contributed by atoms with van der Waals surface area (Å²) in [7, 11) is 0. The van der Waals surface area contributed by atoms with Crippen LogP contribution in [0.2, 0.25) is 0 Å². The maximum absolute atomic E-state index is 10.3. The van der Waals surface area contributed by atoms with Gasteiger partial charge in [-0.25, -0.2) is 0 Å². The van der Waals surface area contributed by atoms with E-state index in [1.807, 2.05) is 12.2 Å². The molecule has 0 saturated heterocycles. The Balaban J connectivity index is 2.35. The number of hydrogen-bond donors (Lipinski definition) is 2. The highest BCUT2D eigenvalue weighted by molar-refractivity contribution is 5.38. The van der Waals surface area contributed by atoms with Gasteiger partial charge < -0.3 is 10.2 Å². The van der Waals surface area contributed by atoms with E-state index in [0.29, 0.717) is 11.5 Å². The summed E-state index contributed by atoms with van der Waals surface area (Å²) in [6.07, 6.45) is 11.2. The molecule has 0 aromatic rings. The molecule has 0 aliphatic heterocycles. The van der Waals surface area contributed by atoms with Crippen LogP contribution in [-0.4, -0.2) is 10.2 Å². The van der Waals surface area contributed by atoms with Crippen molar-refractivity contribution in [1.29, 1.82) is 0 Å². The van der Waals surface area contributed by atoms with Crippen LogP contribution in [0.5, 0.6) is 0 Å². The van der Waals surface area contributed by atoms with Crippen molar-refractivity contribution in [3.05, 3.63) is 47.0 Å². The van der Waals surface area contributed by atoms with E-state index < -0.39 is 0 Å².